The van der Waals surface area contributed by atoms with Crippen molar-refractivity contribution in [2.24, 2.45) is 5.73 Å². The maximum absolute atomic E-state index is 13.7. The number of amides is 1. The van der Waals surface area contributed by atoms with Crippen molar-refractivity contribution in [3.63, 3.8) is 0 Å². The third-order valence-electron chi connectivity index (χ3n) is 5.66. The summed E-state index contributed by atoms with van der Waals surface area (Å²) in [5.41, 5.74) is 8.04. The average molecular weight is 371 g/mol. The molecule has 1 amide bonds. The number of carbonyl (C=O) groups is 1. The van der Waals surface area contributed by atoms with Crippen molar-refractivity contribution in [1.82, 2.24) is 9.47 Å². The van der Waals surface area contributed by atoms with E-state index in [9.17, 15) is 9.18 Å². The highest BCUT2D eigenvalue weighted by Gasteiger charge is 2.27. The van der Waals surface area contributed by atoms with Crippen molar-refractivity contribution in [1.29, 1.82) is 0 Å². The molecule has 1 atom stereocenters. The predicted molar refractivity (Wildman–Crippen MR) is 104 cm³/mol. The molecule has 0 radical (unpaired) electrons. The van der Waals surface area contributed by atoms with Crippen LogP contribution in [0.4, 0.5) is 4.39 Å². The lowest BCUT2D eigenvalue weighted by atomic mass is 10.0. The Morgan fingerprint density at radius 2 is 2.00 bits per heavy atom. The number of aromatic nitrogens is 1. The Balaban J connectivity index is 1.78. The molecule has 5 nitrogen and oxygen atoms in total. The summed E-state index contributed by atoms with van der Waals surface area (Å²) in [5.74, 6) is 0.342. The van der Waals surface area contributed by atoms with Gasteiger partial charge in [-0.2, -0.15) is 0 Å². The van der Waals surface area contributed by atoms with Gasteiger partial charge in [-0.15, -0.1) is 0 Å². The summed E-state index contributed by atoms with van der Waals surface area (Å²) in [4.78, 5) is 13.8. The summed E-state index contributed by atoms with van der Waals surface area (Å²) in [5, 5.41) is 0.923. The molecule has 1 aliphatic heterocycles. The van der Waals surface area contributed by atoms with Gasteiger partial charge < -0.3 is 14.7 Å². The van der Waals surface area contributed by atoms with Crippen LogP contribution in [0, 0.1) is 5.82 Å². The van der Waals surface area contributed by atoms with E-state index in [1.54, 1.807) is 12.1 Å². The van der Waals surface area contributed by atoms with Gasteiger partial charge in [0, 0.05) is 24.4 Å². The number of aryl methyl sites for hydroxylation is 1. The fourth-order valence-corrected chi connectivity index (χ4v) is 4.36. The van der Waals surface area contributed by atoms with E-state index in [1.165, 1.54) is 12.5 Å². The van der Waals surface area contributed by atoms with Crippen LogP contribution in [0.15, 0.2) is 28.7 Å². The molecule has 0 saturated carbocycles. The lowest BCUT2D eigenvalue weighted by molar-refractivity contribution is -0.118. The number of halogens is 1. The average Bonchev–Trinajstić information content (AvgIpc) is 3.19. The van der Waals surface area contributed by atoms with E-state index in [0.29, 0.717) is 12.8 Å². The summed E-state index contributed by atoms with van der Waals surface area (Å²) < 4.78 is 22.1. The van der Waals surface area contributed by atoms with E-state index in [4.69, 9.17) is 10.2 Å². The molecule has 1 saturated heterocycles. The molecule has 3 heterocycles. The molecule has 0 bridgehead atoms. The molecule has 2 aromatic heterocycles. The molecular weight excluding hydrogens is 345 g/mol. The Labute approximate surface area is 157 Å². The van der Waals surface area contributed by atoms with Gasteiger partial charge in [0.25, 0.3) is 0 Å². The Kier molecular flexibility index (Phi) is 4.91. The molecule has 4 rings (SSSR count). The number of hydrogen-bond donors (Lipinski definition) is 1. The van der Waals surface area contributed by atoms with Crippen LogP contribution in [0.2, 0.25) is 0 Å². The van der Waals surface area contributed by atoms with Crippen molar-refractivity contribution in [3.8, 4) is 0 Å². The monoisotopic (exact) mass is 371 g/mol. The number of hydrogen-bond acceptors (Lipinski definition) is 3. The Morgan fingerprint density at radius 1 is 1.22 bits per heavy atom. The zero-order chi connectivity index (χ0) is 19.0. The van der Waals surface area contributed by atoms with Crippen LogP contribution in [0.1, 0.15) is 50.8 Å². The zero-order valence-electron chi connectivity index (χ0n) is 15.7. The molecule has 1 aromatic carbocycles. The van der Waals surface area contributed by atoms with E-state index < -0.39 is 0 Å². The molecule has 3 aromatic rings. The summed E-state index contributed by atoms with van der Waals surface area (Å²) in [6, 6.07) is 6.93. The first-order valence-corrected chi connectivity index (χ1v) is 9.82. The van der Waals surface area contributed by atoms with Gasteiger partial charge >= 0.3 is 0 Å². The minimum Gasteiger partial charge on any atom is -0.457 e. The van der Waals surface area contributed by atoms with Gasteiger partial charge in [0.05, 0.1) is 17.1 Å². The van der Waals surface area contributed by atoms with Crippen LogP contribution >= 0.6 is 0 Å². The maximum Gasteiger partial charge on any atom is 0.217 e. The Bertz CT molecular complexity index is 969. The lowest BCUT2D eigenvalue weighted by Crippen LogP contribution is -2.34. The minimum absolute atomic E-state index is 0.0472. The number of likely N-dealkylation sites (tertiary alicyclic amines) is 1. The molecule has 0 aliphatic carbocycles. The summed E-state index contributed by atoms with van der Waals surface area (Å²) in [6.45, 7) is 4.80. The number of fused-ring (bicyclic) bond motifs is 3. The summed E-state index contributed by atoms with van der Waals surface area (Å²) in [7, 11) is 0. The summed E-state index contributed by atoms with van der Waals surface area (Å²) >= 11 is 0. The quantitative estimate of drug-likeness (QED) is 0.701. The maximum atomic E-state index is 13.7. The first kappa shape index (κ1) is 18.0. The van der Waals surface area contributed by atoms with Gasteiger partial charge in [0.2, 0.25) is 5.91 Å². The highest BCUT2D eigenvalue weighted by molar-refractivity contribution is 6.05. The largest absolute Gasteiger partial charge is 0.457 e. The number of carbonyl (C=O) groups excluding carboxylic acids is 1. The fraction of sp³-hybridized carbons (Fsp3) is 0.476. The number of piperidine rings is 1. The second-order valence-corrected chi connectivity index (χ2v) is 7.39. The fourth-order valence-electron chi connectivity index (χ4n) is 4.36. The van der Waals surface area contributed by atoms with Crippen LogP contribution < -0.4 is 5.73 Å². The molecule has 1 fully saturated rings. The van der Waals surface area contributed by atoms with Gasteiger partial charge in [-0.3, -0.25) is 9.69 Å². The number of nitrogens with two attached hydrogens (primary N) is 1. The van der Waals surface area contributed by atoms with E-state index in [-0.39, 0.29) is 17.8 Å². The second-order valence-electron chi connectivity index (χ2n) is 7.39. The third-order valence-corrected chi connectivity index (χ3v) is 5.66. The third kappa shape index (κ3) is 3.34. The first-order chi connectivity index (χ1) is 13.1. The predicted octanol–water partition coefficient (Wildman–Crippen LogP) is 4.34. The van der Waals surface area contributed by atoms with Crippen molar-refractivity contribution >= 4 is 27.9 Å². The van der Waals surface area contributed by atoms with E-state index in [1.807, 2.05) is 6.92 Å². The number of nitrogens with zero attached hydrogens (tertiary/aromatic N) is 2. The van der Waals surface area contributed by atoms with Gasteiger partial charge in [-0.05, 0) is 57.5 Å². The number of rotatable bonds is 6. The number of primary amides is 1. The lowest BCUT2D eigenvalue weighted by Gasteiger charge is -2.33. The zero-order valence-corrected chi connectivity index (χ0v) is 15.7. The smallest absolute Gasteiger partial charge is 0.217 e. The molecule has 0 spiro atoms. The SMILES string of the molecule is CCn1c2cc(F)ccc2c2oc(C(CCC(N)=O)N3CCCCC3)cc21. The highest BCUT2D eigenvalue weighted by Crippen LogP contribution is 2.37. The Hall–Kier alpha value is -2.34. The molecular formula is C21H26FN3O2. The van der Waals surface area contributed by atoms with Crippen LogP contribution in [0.5, 0.6) is 0 Å². The van der Waals surface area contributed by atoms with E-state index >= 15 is 0 Å². The van der Waals surface area contributed by atoms with Crippen LogP contribution in [-0.4, -0.2) is 28.5 Å². The number of benzene rings is 1. The van der Waals surface area contributed by atoms with Crippen molar-refractivity contribution in [2.75, 3.05) is 13.1 Å². The molecule has 27 heavy (non-hydrogen) atoms. The Morgan fingerprint density at radius 3 is 2.70 bits per heavy atom. The van der Waals surface area contributed by atoms with E-state index in [2.05, 4.69) is 15.5 Å². The minimum atomic E-state index is -0.285. The molecule has 2 N–H and O–H groups in total. The van der Waals surface area contributed by atoms with Crippen LogP contribution in [-0.2, 0) is 11.3 Å². The molecule has 1 aliphatic rings. The normalized spacial score (nSPS) is 17.0. The molecule has 144 valence electrons. The van der Waals surface area contributed by atoms with Gasteiger partial charge in [0.15, 0.2) is 5.58 Å². The van der Waals surface area contributed by atoms with Crippen LogP contribution in [0.25, 0.3) is 22.0 Å². The van der Waals surface area contributed by atoms with Crippen molar-refractivity contribution < 1.29 is 13.6 Å². The van der Waals surface area contributed by atoms with Gasteiger partial charge in [-0.1, -0.05) is 6.42 Å². The number of furan rings is 1. The van der Waals surface area contributed by atoms with Gasteiger partial charge in [0.1, 0.15) is 11.6 Å². The first-order valence-electron chi connectivity index (χ1n) is 9.82. The second kappa shape index (κ2) is 7.35. The van der Waals surface area contributed by atoms with Crippen molar-refractivity contribution in [2.45, 2.75) is 51.6 Å². The summed E-state index contributed by atoms with van der Waals surface area (Å²) in [6.07, 6.45) is 4.57. The standard InChI is InChI=1S/C21H26FN3O2/c1-2-25-17-12-14(22)6-7-15(17)21-18(25)13-19(27-21)16(8-9-20(23)26)24-10-4-3-5-11-24/h6-7,12-13,16H,2-5,8-11H2,1H3,(H2,23,26). The van der Waals surface area contributed by atoms with Crippen LogP contribution in [0.3, 0.4) is 0 Å². The molecule has 6 heteroatoms. The highest BCUT2D eigenvalue weighted by atomic mass is 19.1. The van der Waals surface area contributed by atoms with Gasteiger partial charge in [-0.25, -0.2) is 4.39 Å². The van der Waals surface area contributed by atoms with Crippen molar-refractivity contribution in [3.05, 3.63) is 35.8 Å². The molecule has 1 unspecified atom stereocenters. The van der Waals surface area contributed by atoms with E-state index in [0.717, 1.165) is 60.2 Å². The topological polar surface area (TPSA) is 64.4 Å².